The molecular weight excluding hydrogens is 244 g/mol. The second kappa shape index (κ2) is 8.02. The van der Waals surface area contributed by atoms with Crippen LogP contribution in [-0.4, -0.2) is 41.1 Å². The summed E-state index contributed by atoms with van der Waals surface area (Å²) in [4.78, 5) is 24.3. The van der Waals surface area contributed by atoms with Gasteiger partial charge < -0.3 is 15.3 Å². The lowest BCUT2D eigenvalue weighted by Gasteiger charge is -2.22. The molecule has 2 amide bonds. The van der Waals surface area contributed by atoms with Crippen molar-refractivity contribution in [2.75, 3.05) is 13.1 Å². The first kappa shape index (κ1) is 15.8. The molecule has 2 atom stereocenters. The number of aliphatic carboxylic acids is 1. The molecule has 0 spiro atoms. The fourth-order valence-corrected chi connectivity index (χ4v) is 2.60. The number of nitrogens with one attached hydrogen (secondary N) is 1. The van der Waals surface area contributed by atoms with Gasteiger partial charge in [-0.1, -0.05) is 13.3 Å². The number of amides is 2. The topological polar surface area (TPSA) is 69.6 Å². The van der Waals surface area contributed by atoms with Crippen molar-refractivity contribution in [2.24, 2.45) is 5.92 Å². The number of likely N-dealkylation sites (tertiary alicyclic amines) is 1. The molecule has 2 N–H and O–H groups in total. The molecule has 0 bridgehead atoms. The maximum Gasteiger partial charge on any atom is 0.317 e. The van der Waals surface area contributed by atoms with E-state index in [-0.39, 0.29) is 12.5 Å². The SMILES string of the molecule is CCC(CCNC(=O)N1CCCC1C)CCC(=O)O. The molecule has 0 aromatic carbocycles. The minimum Gasteiger partial charge on any atom is -0.481 e. The number of hydrogen-bond acceptors (Lipinski definition) is 2. The number of nitrogens with zero attached hydrogens (tertiary/aromatic N) is 1. The Morgan fingerprint density at radius 1 is 1.42 bits per heavy atom. The van der Waals surface area contributed by atoms with E-state index in [9.17, 15) is 9.59 Å². The van der Waals surface area contributed by atoms with Gasteiger partial charge in [-0.3, -0.25) is 4.79 Å². The van der Waals surface area contributed by atoms with Crippen LogP contribution >= 0.6 is 0 Å². The number of carboxylic acids is 1. The molecule has 1 heterocycles. The van der Waals surface area contributed by atoms with Crippen LogP contribution in [0.25, 0.3) is 0 Å². The molecule has 1 saturated heterocycles. The smallest absolute Gasteiger partial charge is 0.317 e. The third-order valence-corrected chi connectivity index (χ3v) is 3.99. The molecule has 0 aromatic rings. The van der Waals surface area contributed by atoms with Crippen molar-refractivity contribution < 1.29 is 14.7 Å². The van der Waals surface area contributed by atoms with Crippen LogP contribution in [0.1, 0.15) is 52.4 Å². The Kier molecular flexibility index (Phi) is 6.67. The average Bonchev–Trinajstić information content (AvgIpc) is 2.79. The van der Waals surface area contributed by atoms with Gasteiger partial charge in [0.05, 0.1) is 0 Å². The van der Waals surface area contributed by atoms with Gasteiger partial charge in [-0.2, -0.15) is 0 Å². The highest BCUT2D eigenvalue weighted by molar-refractivity contribution is 5.74. The number of carboxylic acid groups (broad SMARTS) is 1. The van der Waals surface area contributed by atoms with E-state index >= 15 is 0 Å². The maximum atomic E-state index is 11.9. The minimum absolute atomic E-state index is 0.0260. The van der Waals surface area contributed by atoms with Gasteiger partial charge >= 0.3 is 12.0 Å². The van der Waals surface area contributed by atoms with Crippen LogP contribution in [0.3, 0.4) is 0 Å². The summed E-state index contributed by atoms with van der Waals surface area (Å²) in [6, 6.07) is 0.368. The molecule has 5 heteroatoms. The number of carbonyl (C=O) groups is 2. The lowest BCUT2D eigenvalue weighted by atomic mass is 9.97. The number of hydrogen-bond donors (Lipinski definition) is 2. The largest absolute Gasteiger partial charge is 0.481 e. The lowest BCUT2D eigenvalue weighted by molar-refractivity contribution is -0.137. The zero-order valence-corrected chi connectivity index (χ0v) is 12.0. The van der Waals surface area contributed by atoms with Gasteiger partial charge in [0.1, 0.15) is 0 Å². The second-order valence-corrected chi connectivity index (χ2v) is 5.41. The zero-order valence-electron chi connectivity index (χ0n) is 12.0. The maximum absolute atomic E-state index is 11.9. The monoisotopic (exact) mass is 270 g/mol. The van der Waals surface area contributed by atoms with Gasteiger partial charge in [0.15, 0.2) is 0 Å². The molecule has 1 rings (SSSR count). The van der Waals surface area contributed by atoms with E-state index in [0.717, 1.165) is 32.2 Å². The van der Waals surface area contributed by atoms with Gasteiger partial charge in [0.25, 0.3) is 0 Å². The van der Waals surface area contributed by atoms with Crippen molar-refractivity contribution >= 4 is 12.0 Å². The van der Waals surface area contributed by atoms with Crippen LogP contribution < -0.4 is 5.32 Å². The third-order valence-electron chi connectivity index (χ3n) is 3.99. The molecule has 0 aliphatic carbocycles. The van der Waals surface area contributed by atoms with Gasteiger partial charge in [-0.05, 0) is 38.5 Å². The first-order valence-corrected chi connectivity index (χ1v) is 7.30. The van der Waals surface area contributed by atoms with Crippen molar-refractivity contribution in [1.82, 2.24) is 10.2 Å². The molecule has 0 aromatic heterocycles. The molecule has 5 nitrogen and oxygen atoms in total. The van der Waals surface area contributed by atoms with Crippen LogP contribution in [0.5, 0.6) is 0 Å². The van der Waals surface area contributed by atoms with E-state index in [0.29, 0.717) is 24.9 Å². The first-order chi connectivity index (χ1) is 9.04. The minimum atomic E-state index is -0.742. The van der Waals surface area contributed by atoms with E-state index in [1.807, 2.05) is 4.90 Å². The quantitative estimate of drug-likeness (QED) is 0.746. The summed E-state index contributed by atoms with van der Waals surface area (Å²) < 4.78 is 0. The predicted octanol–water partition coefficient (Wildman–Crippen LogP) is 2.46. The van der Waals surface area contributed by atoms with Gasteiger partial charge in [0, 0.05) is 25.6 Å². The van der Waals surface area contributed by atoms with Crippen molar-refractivity contribution in [3.05, 3.63) is 0 Å². The summed E-state index contributed by atoms with van der Waals surface area (Å²) in [6.07, 6.45) is 4.91. The number of carbonyl (C=O) groups excluding carboxylic acids is 1. The first-order valence-electron chi connectivity index (χ1n) is 7.30. The second-order valence-electron chi connectivity index (χ2n) is 5.41. The summed E-state index contributed by atoms with van der Waals surface area (Å²) in [5.74, 6) is -0.360. The zero-order chi connectivity index (χ0) is 14.3. The van der Waals surface area contributed by atoms with Crippen LogP contribution in [-0.2, 0) is 4.79 Å². The van der Waals surface area contributed by atoms with E-state index in [4.69, 9.17) is 5.11 Å². The summed E-state index contributed by atoms with van der Waals surface area (Å²) in [5, 5.41) is 11.6. The summed E-state index contributed by atoms with van der Waals surface area (Å²) in [6.45, 7) is 5.63. The molecule has 2 unspecified atom stereocenters. The van der Waals surface area contributed by atoms with E-state index in [1.54, 1.807) is 0 Å². The molecular formula is C14H26N2O3. The van der Waals surface area contributed by atoms with Crippen molar-refractivity contribution in [3.8, 4) is 0 Å². The average molecular weight is 270 g/mol. The van der Waals surface area contributed by atoms with Gasteiger partial charge in [-0.15, -0.1) is 0 Å². The highest BCUT2D eigenvalue weighted by atomic mass is 16.4. The molecule has 19 heavy (non-hydrogen) atoms. The Bertz CT molecular complexity index is 307. The molecule has 0 saturated carbocycles. The molecule has 0 radical (unpaired) electrons. The third kappa shape index (κ3) is 5.49. The van der Waals surface area contributed by atoms with Crippen molar-refractivity contribution in [3.63, 3.8) is 0 Å². The summed E-state index contributed by atoms with van der Waals surface area (Å²) in [5.41, 5.74) is 0. The molecule has 1 aliphatic heterocycles. The standard InChI is InChI=1S/C14H26N2O3/c1-3-12(6-7-13(17)18)8-9-15-14(19)16-10-4-5-11(16)2/h11-12H,3-10H2,1-2H3,(H,15,19)(H,17,18). The Morgan fingerprint density at radius 2 is 2.16 bits per heavy atom. The predicted molar refractivity (Wildman–Crippen MR) is 74.1 cm³/mol. The van der Waals surface area contributed by atoms with Crippen molar-refractivity contribution in [2.45, 2.75) is 58.4 Å². The Morgan fingerprint density at radius 3 is 2.68 bits per heavy atom. The lowest BCUT2D eigenvalue weighted by Crippen LogP contribution is -2.42. The summed E-state index contributed by atoms with van der Waals surface area (Å²) in [7, 11) is 0. The highest BCUT2D eigenvalue weighted by Crippen LogP contribution is 2.17. The van der Waals surface area contributed by atoms with Gasteiger partial charge in [0.2, 0.25) is 0 Å². The molecule has 1 fully saturated rings. The number of rotatable bonds is 7. The fourth-order valence-electron chi connectivity index (χ4n) is 2.60. The van der Waals surface area contributed by atoms with Crippen LogP contribution in [0.4, 0.5) is 4.79 Å². The summed E-state index contributed by atoms with van der Waals surface area (Å²) >= 11 is 0. The van der Waals surface area contributed by atoms with Crippen LogP contribution in [0.15, 0.2) is 0 Å². The van der Waals surface area contributed by atoms with E-state index in [1.165, 1.54) is 0 Å². The number of urea groups is 1. The van der Waals surface area contributed by atoms with Crippen molar-refractivity contribution in [1.29, 1.82) is 0 Å². The van der Waals surface area contributed by atoms with Gasteiger partial charge in [-0.25, -0.2) is 4.79 Å². The molecule has 110 valence electrons. The molecule has 1 aliphatic rings. The van der Waals surface area contributed by atoms with Crippen LogP contribution in [0, 0.1) is 5.92 Å². The van der Waals surface area contributed by atoms with Crippen LogP contribution in [0.2, 0.25) is 0 Å². The van der Waals surface area contributed by atoms with E-state index in [2.05, 4.69) is 19.2 Å². The normalized spacial score (nSPS) is 20.3. The Balaban J connectivity index is 2.20. The highest BCUT2D eigenvalue weighted by Gasteiger charge is 2.24. The Labute approximate surface area is 115 Å². The van der Waals surface area contributed by atoms with E-state index < -0.39 is 5.97 Å². The Hall–Kier alpha value is -1.26. The fraction of sp³-hybridized carbons (Fsp3) is 0.857.